The van der Waals surface area contributed by atoms with Crippen molar-refractivity contribution < 1.29 is 13.2 Å². The van der Waals surface area contributed by atoms with Crippen molar-refractivity contribution in [1.82, 2.24) is 4.31 Å². The van der Waals surface area contributed by atoms with Crippen LogP contribution in [0.25, 0.3) is 0 Å². The highest BCUT2D eigenvalue weighted by Gasteiger charge is 2.41. The maximum Gasteiger partial charge on any atom is 0.217 e. The fourth-order valence-electron chi connectivity index (χ4n) is 2.42. The zero-order valence-corrected chi connectivity index (χ0v) is 11.9. The lowest BCUT2D eigenvalue weighted by Gasteiger charge is -2.32. The van der Waals surface area contributed by atoms with Gasteiger partial charge in [-0.05, 0) is 25.3 Å². The highest BCUT2D eigenvalue weighted by atomic mass is 32.2. The highest BCUT2D eigenvalue weighted by molar-refractivity contribution is 7.90. The van der Waals surface area contributed by atoms with E-state index in [0.717, 1.165) is 18.4 Å². The first-order chi connectivity index (χ1) is 9.07. The molecule has 19 heavy (non-hydrogen) atoms. The Morgan fingerprint density at radius 2 is 1.89 bits per heavy atom. The van der Waals surface area contributed by atoms with E-state index < -0.39 is 10.0 Å². The standard InChI is InChI=1S/C14H19NO3S/c1-11-2-4-12(5-3-11)14-10-15(8-9-18-14)19(16,17)13-6-7-13/h2-5,13-14H,6-10H2,1H3. The van der Waals surface area contributed by atoms with Gasteiger partial charge in [0.15, 0.2) is 0 Å². The van der Waals surface area contributed by atoms with E-state index in [0.29, 0.717) is 19.7 Å². The molecule has 1 aromatic carbocycles. The molecule has 0 radical (unpaired) electrons. The summed E-state index contributed by atoms with van der Waals surface area (Å²) in [6, 6.07) is 8.11. The van der Waals surface area contributed by atoms with Crippen molar-refractivity contribution >= 4 is 10.0 Å². The summed E-state index contributed by atoms with van der Waals surface area (Å²) < 4.78 is 31.8. The van der Waals surface area contributed by atoms with Crippen LogP contribution in [0.15, 0.2) is 24.3 Å². The van der Waals surface area contributed by atoms with Gasteiger partial charge in [0.05, 0.1) is 18.0 Å². The van der Waals surface area contributed by atoms with Crippen LogP contribution in [0.1, 0.15) is 30.1 Å². The second kappa shape index (κ2) is 4.89. The van der Waals surface area contributed by atoms with E-state index in [1.54, 1.807) is 4.31 Å². The molecule has 104 valence electrons. The number of morpholine rings is 1. The molecule has 1 saturated heterocycles. The molecule has 1 saturated carbocycles. The van der Waals surface area contributed by atoms with Gasteiger partial charge in [-0.1, -0.05) is 29.8 Å². The Bertz CT molecular complexity index is 549. The van der Waals surface area contributed by atoms with E-state index in [-0.39, 0.29) is 11.4 Å². The third-order valence-electron chi connectivity index (χ3n) is 3.78. The fraction of sp³-hybridized carbons (Fsp3) is 0.571. The first-order valence-electron chi connectivity index (χ1n) is 6.74. The van der Waals surface area contributed by atoms with Crippen molar-refractivity contribution in [2.24, 2.45) is 0 Å². The van der Waals surface area contributed by atoms with Gasteiger partial charge in [0.2, 0.25) is 10.0 Å². The molecule has 1 aromatic rings. The van der Waals surface area contributed by atoms with Gasteiger partial charge in [0.1, 0.15) is 0 Å². The minimum Gasteiger partial charge on any atom is -0.371 e. The summed E-state index contributed by atoms with van der Waals surface area (Å²) in [7, 11) is -3.08. The summed E-state index contributed by atoms with van der Waals surface area (Å²) >= 11 is 0. The largest absolute Gasteiger partial charge is 0.371 e. The van der Waals surface area contributed by atoms with Crippen molar-refractivity contribution in [3.63, 3.8) is 0 Å². The Morgan fingerprint density at radius 3 is 2.53 bits per heavy atom. The van der Waals surface area contributed by atoms with Gasteiger partial charge in [0.25, 0.3) is 0 Å². The smallest absolute Gasteiger partial charge is 0.217 e. The Hall–Kier alpha value is -0.910. The number of hydrogen-bond acceptors (Lipinski definition) is 3. The van der Waals surface area contributed by atoms with Crippen molar-refractivity contribution in [2.75, 3.05) is 19.7 Å². The van der Waals surface area contributed by atoms with Crippen LogP contribution < -0.4 is 0 Å². The van der Waals surface area contributed by atoms with Crippen molar-refractivity contribution in [3.05, 3.63) is 35.4 Å². The summed E-state index contributed by atoms with van der Waals surface area (Å²) in [5, 5.41) is -0.135. The summed E-state index contributed by atoms with van der Waals surface area (Å²) in [5.74, 6) is 0. The quantitative estimate of drug-likeness (QED) is 0.849. The minimum absolute atomic E-state index is 0.135. The SMILES string of the molecule is Cc1ccc(C2CN(S(=O)(=O)C3CC3)CCO2)cc1. The molecule has 0 aromatic heterocycles. The van der Waals surface area contributed by atoms with Crippen molar-refractivity contribution in [1.29, 1.82) is 0 Å². The van der Waals surface area contributed by atoms with Crippen LogP contribution in [0.4, 0.5) is 0 Å². The molecule has 0 N–H and O–H groups in total. The maximum absolute atomic E-state index is 12.2. The Kier molecular flexibility index (Phi) is 3.37. The second-order valence-corrected chi connectivity index (χ2v) is 7.59. The molecule has 4 nitrogen and oxygen atoms in total. The molecule has 1 heterocycles. The first kappa shape index (κ1) is 13.1. The monoisotopic (exact) mass is 281 g/mol. The predicted octanol–water partition coefficient (Wildman–Crippen LogP) is 1.86. The summed E-state index contributed by atoms with van der Waals surface area (Å²) in [4.78, 5) is 0. The molecular formula is C14H19NO3S. The number of rotatable bonds is 3. The van der Waals surface area contributed by atoms with E-state index in [2.05, 4.69) is 0 Å². The third-order valence-corrected chi connectivity index (χ3v) is 6.15. The number of hydrogen-bond donors (Lipinski definition) is 0. The number of benzene rings is 1. The van der Waals surface area contributed by atoms with Gasteiger partial charge in [0, 0.05) is 13.1 Å². The lowest BCUT2D eigenvalue weighted by Crippen LogP contribution is -2.43. The Labute approximate surface area is 114 Å². The van der Waals surface area contributed by atoms with E-state index >= 15 is 0 Å². The second-order valence-electron chi connectivity index (χ2n) is 5.37. The van der Waals surface area contributed by atoms with Crippen molar-refractivity contribution in [2.45, 2.75) is 31.1 Å². The molecule has 0 amide bonds. The summed E-state index contributed by atoms with van der Waals surface area (Å²) in [6.45, 7) is 3.45. The Balaban J connectivity index is 1.76. The average Bonchev–Trinajstić information content (AvgIpc) is 3.24. The topological polar surface area (TPSA) is 46.6 Å². The molecular weight excluding hydrogens is 262 g/mol. The molecule has 1 aliphatic heterocycles. The van der Waals surface area contributed by atoms with Gasteiger partial charge in [-0.15, -0.1) is 0 Å². The van der Waals surface area contributed by atoms with Crippen molar-refractivity contribution in [3.8, 4) is 0 Å². The van der Waals surface area contributed by atoms with E-state index in [1.165, 1.54) is 5.56 Å². The van der Waals surface area contributed by atoms with Gasteiger partial charge in [-0.25, -0.2) is 8.42 Å². The first-order valence-corrected chi connectivity index (χ1v) is 8.25. The highest BCUT2D eigenvalue weighted by Crippen LogP contribution is 2.33. The van der Waals surface area contributed by atoms with Crippen LogP contribution in [0.5, 0.6) is 0 Å². The molecule has 3 rings (SSSR count). The molecule has 2 aliphatic rings. The molecule has 1 atom stereocenters. The van der Waals surface area contributed by atoms with Crippen LogP contribution in [0, 0.1) is 6.92 Å². The molecule has 5 heteroatoms. The normalized spacial score (nSPS) is 25.4. The number of ether oxygens (including phenoxy) is 1. The van der Waals surface area contributed by atoms with Crippen LogP contribution in [0.3, 0.4) is 0 Å². The lowest BCUT2D eigenvalue weighted by molar-refractivity contribution is -0.00260. The minimum atomic E-state index is -3.08. The molecule has 0 spiro atoms. The fourth-order valence-corrected chi connectivity index (χ4v) is 4.24. The van der Waals surface area contributed by atoms with Gasteiger partial charge >= 0.3 is 0 Å². The lowest BCUT2D eigenvalue weighted by atomic mass is 10.1. The molecule has 0 bridgehead atoms. The number of sulfonamides is 1. The number of nitrogens with zero attached hydrogens (tertiary/aromatic N) is 1. The molecule has 1 aliphatic carbocycles. The molecule has 1 unspecified atom stereocenters. The van der Waals surface area contributed by atoms with Crippen LogP contribution in [-0.4, -0.2) is 37.7 Å². The van der Waals surface area contributed by atoms with Gasteiger partial charge in [-0.2, -0.15) is 4.31 Å². The maximum atomic E-state index is 12.2. The molecule has 2 fully saturated rings. The van der Waals surface area contributed by atoms with Gasteiger partial charge in [-0.3, -0.25) is 0 Å². The average molecular weight is 281 g/mol. The zero-order valence-electron chi connectivity index (χ0n) is 11.1. The predicted molar refractivity (Wildman–Crippen MR) is 73.4 cm³/mol. The number of aryl methyl sites for hydroxylation is 1. The Morgan fingerprint density at radius 1 is 1.21 bits per heavy atom. The van der Waals surface area contributed by atoms with E-state index in [4.69, 9.17) is 4.74 Å². The van der Waals surface area contributed by atoms with Crippen LogP contribution in [0.2, 0.25) is 0 Å². The van der Waals surface area contributed by atoms with E-state index in [1.807, 2.05) is 31.2 Å². The summed E-state index contributed by atoms with van der Waals surface area (Å²) in [5.41, 5.74) is 2.25. The third kappa shape index (κ3) is 2.68. The van der Waals surface area contributed by atoms with Gasteiger partial charge < -0.3 is 4.74 Å². The van der Waals surface area contributed by atoms with Crippen LogP contribution in [-0.2, 0) is 14.8 Å². The summed E-state index contributed by atoms with van der Waals surface area (Å²) in [6.07, 6.45) is 1.49. The van der Waals surface area contributed by atoms with E-state index in [9.17, 15) is 8.42 Å². The zero-order chi connectivity index (χ0) is 13.5. The van der Waals surface area contributed by atoms with Crippen LogP contribution >= 0.6 is 0 Å².